The lowest BCUT2D eigenvalue weighted by Gasteiger charge is -2.08. The highest BCUT2D eigenvalue weighted by molar-refractivity contribution is 5.88. The molecule has 0 fully saturated rings. The van der Waals surface area contributed by atoms with Crippen molar-refractivity contribution in [3.63, 3.8) is 0 Å². The van der Waals surface area contributed by atoms with Gasteiger partial charge in [0.2, 0.25) is 0 Å². The fourth-order valence-electron chi connectivity index (χ4n) is 2.42. The molecule has 2 aromatic rings. The van der Waals surface area contributed by atoms with E-state index in [-0.39, 0.29) is 17.1 Å². The van der Waals surface area contributed by atoms with E-state index in [2.05, 4.69) is 19.9 Å². The van der Waals surface area contributed by atoms with E-state index >= 15 is 0 Å². The zero-order valence-electron chi connectivity index (χ0n) is 13.7. The van der Waals surface area contributed by atoms with Crippen LogP contribution in [0.2, 0.25) is 0 Å². The maximum Gasteiger partial charge on any atom is 0.336 e. The van der Waals surface area contributed by atoms with Crippen molar-refractivity contribution in [1.29, 1.82) is 0 Å². The number of allylic oxidation sites excluding steroid dienone is 4. The average molecular weight is 314 g/mol. The van der Waals surface area contributed by atoms with Crippen LogP contribution in [0.5, 0.6) is 11.5 Å². The molecule has 4 nitrogen and oxygen atoms in total. The van der Waals surface area contributed by atoms with Crippen LogP contribution in [0.1, 0.15) is 39.2 Å². The van der Waals surface area contributed by atoms with Gasteiger partial charge in [-0.3, -0.25) is 0 Å². The van der Waals surface area contributed by atoms with Crippen molar-refractivity contribution in [1.82, 2.24) is 0 Å². The normalized spacial score (nSPS) is 11.7. The van der Waals surface area contributed by atoms with Crippen molar-refractivity contribution in [3.05, 3.63) is 57.5 Å². The number of hydrogen-bond donors (Lipinski definition) is 2. The molecule has 0 amide bonds. The molecule has 23 heavy (non-hydrogen) atoms. The van der Waals surface area contributed by atoms with E-state index in [1.807, 2.05) is 13.0 Å². The minimum Gasteiger partial charge on any atom is -0.507 e. The summed E-state index contributed by atoms with van der Waals surface area (Å²) < 4.78 is 5.19. The Bertz CT molecular complexity index is 821. The summed E-state index contributed by atoms with van der Waals surface area (Å²) in [4.78, 5) is 11.4. The van der Waals surface area contributed by atoms with E-state index in [4.69, 9.17) is 4.42 Å². The number of phenolic OH excluding ortho intramolecular Hbond substituents is 2. The molecule has 4 heteroatoms. The maximum atomic E-state index is 11.4. The van der Waals surface area contributed by atoms with Gasteiger partial charge in [-0.2, -0.15) is 0 Å². The molecular weight excluding hydrogens is 292 g/mol. The van der Waals surface area contributed by atoms with Crippen LogP contribution >= 0.6 is 0 Å². The summed E-state index contributed by atoms with van der Waals surface area (Å²) in [5.41, 5.74) is 2.73. The molecule has 0 aliphatic carbocycles. The minimum atomic E-state index is -0.506. The second-order valence-electron chi connectivity index (χ2n) is 5.97. The second kappa shape index (κ2) is 7.18. The summed E-state index contributed by atoms with van der Waals surface area (Å²) in [6.07, 6.45) is 6.55. The molecule has 0 bridgehead atoms. The van der Waals surface area contributed by atoms with Gasteiger partial charge in [0.05, 0.1) is 5.39 Å². The van der Waals surface area contributed by atoms with Gasteiger partial charge < -0.3 is 14.6 Å². The van der Waals surface area contributed by atoms with Crippen LogP contribution in [0.3, 0.4) is 0 Å². The maximum absolute atomic E-state index is 11.4. The van der Waals surface area contributed by atoms with Gasteiger partial charge in [0.15, 0.2) is 0 Å². The van der Waals surface area contributed by atoms with Gasteiger partial charge >= 0.3 is 5.63 Å². The molecule has 0 radical (unpaired) electrons. The molecule has 0 unspecified atom stereocenters. The van der Waals surface area contributed by atoms with Crippen molar-refractivity contribution in [2.75, 3.05) is 0 Å². The zero-order chi connectivity index (χ0) is 17.0. The van der Waals surface area contributed by atoms with Crippen LogP contribution in [-0.2, 0) is 6.42 Å². The lowest BCUT2D eigenvalue weighted by Crippen LogP contribution is -1.97. The van der Waals surface area contributed by atoms with Crippen LogP contribution in [0, 0.1) is 0 Å². The Balaban J connectivity index is 2.31. The van der Waals surface area contributed by atoms with Crippen molar-refractivity contribution in [2.45, 2.75) is 40.0 Å². The highest BCUT2D eigenvalue weighted by Gasteiger charge is 2.13. The Kier molecular flexibility index (Phi) is 5.27. The van der Waals surface area contributed by atoms with Gasteiger partial charge in [-0.05, 0) is 46.1 Å². The van der Waals surface area contributed by atoms with Crippen LogP contribution in [-0.4, -0.2) is 10.2 Å². The Hall–Kier alpha value is -2.49. The number of fused-ring (bicyclic) bond motifs is 1. The fraction of sp³-hybridized carbons (Fsp3) is 0.316. The van der Waals surface area contributed by atoms with Crippen molar-refractivity contribution < 1.29 is 14.6 Å². The lowest BCUT2D eigenvalue weighted by atomic mass is 10.0. The first kappa shape index (κ1) is 16.9. The van der Waals surface area contributed by atoms with Gasteiger partial charge in [-0.1, -0.05) is 23.3 Å². The molecule has 0 saturated heterocycles. The minimum absolute atomic E-state index is 0.0716. The standard InChI is InChI=1S/C19H22O4/c1-12(2)5-4-6-13(3)7-8-14-16(20)11-17(21)15-9-10-18(22)23-19(14)15/h5,7,9-11,20-21H,4,6,8H2,1-3H3. The summed E-state index contributed by atoms with van der Waals surface area (Å²) in [6.45, 7) is 6.18. The predicted molar refractivity (Wildman–Crippen MR) is 91.9 cm³/mol. The van der Waals surface area contributed by atoms with Gasteiger partial charge in [-0.25, -0.2) is 4.79 Å². The summed E-state index contributed by atoms with van der Waals surface area (Å²) in [7, 11) is 0. The van der Waals surface area contributed by atoms with Crippen LogP contribution < -0.4 is 5.63 Å². The molecule has 2 N–H and O–H groups in total. The zero-order valence-corrected chi connectivity index (χ0v) is 13.7. The topological polar surface area (TPSA) is 70.7 Å². The third-order valence-electron chi connectivity index (χ3n) is 3.71. The molecule has 0 spiro atoms. The van der Waals surface area contributed by atoms with Crippen LogP contribution in [0.25, 0.3) is 11.0 Å². The first-order valence-electron chi connectivity index (χ1n) is 7.65. The third kappa shape index (κ3) is 4.25. The van der Waals surface area contributed by atoms with E-state index in [0.717, 1.165) is 12.8 Å². The Morgan fingerprint density at radius 2 is 1.87 bits per heavy atom. The van der Waals surface area contributed by atoms with Crippen molar-refractivity contribution >= 4 is 11.0 Å². The van der Waals surface area contributed by atoms with Crippen molar-refractivity contribution in [3.8, 4) is 11.5 Å². The monoisotopic (exact) mass is 314 g/mol. The SMILES string of the molecule is CC(C)=CCCC(C)=CCc1c(O)cc(O)c2ccc(=O)oc12. The predicted octanol–water partition coefficient (Wildman–Crippen LogP) is 4.44. The largest absolute Gasteiger partial charge is 0.507 e. The van der Waals surface area contributed by atoms with Crippen LogP contribution in [0.15, 0.2) is 50.7 Å². The van der Waals surface area contributed by atoms with Crippen LogP contribution in [0.4, 0.5) is 0 Å². The Morgan fingerprint density at radius 1 is 1.13 bits per heavy atom. The molecule has 0 aliphatic heterocycles. The quantitative estimate of drug-likeness (QED) is 0.632. The highest BCUT2D eigenvalue weighted by atomic mass is 16.4. The number of phenols is 2. The molecule has 1 aromatic carbocycles. The molecule has 122 valence electrons. The van der Waals surface area contributed by atoms with Crippen molar-refractivity contribution in [2.24, 2.45) is 0 Å². The molecular formula is C19H22O4. The smallest absolute Gasteiger partial charge is 0.336 e. The summed E-state index contributed by atoms with van der Waals surface area (Å²) in [6, 6.07) is 4.04. The second-order valence-corrected chi connectivity index (χ2v) is 5.97. The molecule has 1 heterocycles. The van der Waals surface area contributed by atoms with Gasteiger partial charge in [0, 0.05) is 17.7 Å². The molecule has 0 saturated carbocycles. The summed E-state index contributed by atoms with van der Waals surface area (Å²) >= 11 is 0. The summed E-state index contributed by atoms with van der Waals surface area (Å²) in [5.74, 6) is -0.174. The molecule has 0 aliphatic rings. The van der Waals surface area contributed by atoms with E-state index < -0.39 is 5.63 Å². The van der Waals surface area contributed by atoms with E-state index in [1.165, 1.54) is 29.3 Å². The Morgan fingerprint density at radius 3 is 2.57 bits per heavy atom. The van der Waals surface area contributed by atoms with E-state index in [1.54, 1.807) is 0 Å². The number of hydrogen-bond acceptors (Lipinski definition) is 4. The molecule has 0 atom stereocenters. The average Bonchev–Trinajstić information content (AvgIpc) is 2.46. The number of rotatable bonds is 5. The summed E-state index contributed by atoms with van der Waals surface area (Å²) in [5, 5.41) is 20.4. The Labute approximate surface area is 135 Å². The molecule has 1 aromatic heterocycles. The van der Waals surface area contributed by atoms with Gasteiger partial charge in [0.25, 0.3) is 0 Å². The molecule has 2 rings (SSSR count). The van der Waals surface area contributed by atoms with E-state index in [9.17, 15) is 15.0 Å². The fourth-order valence-corrected chi connectivity index (χ4v) is 2.42. The lowest BCUT2D eigenvalue weighted by molar-refractivity contribution is 0.446. The first-order chi connectivity index (χ1) is 10.9. The number of aromatic hydroxyl groups is 2. The highest BCUT2D eigenvalue weighted by Crippen LogP contribution is 2.34. The van der Waals surface area contributed by atoms with Gasteiger partial charge in [-0.15, -0.1) is 0 Å². The third-order valence-corrected chi connectivity index (χ3v) is 3.71. The number of benzene rings is 1. The first-order valence-corrected chi connectivity index (χ1v) is 7.65. The van der Waals surface area contributed by atoms with Gasteiger partial charge in [0.1, 0.15) is 17.1 Å². The van der Waals surface area contributed by atoms with E-state index in [0.29, 0.717) is 17.4 Å².